The second-order valence-electron chi connectivity index (χ2n) is 7.48. The molecule has 4 aromatic carbocycles. The predicted molar refractivity (Wildman–Crippen MR) is 114 cm³/mol. The largest absolute Gasteiger partial charge is 0.325 e. The summed E-state index contributed by atoms with van der Waals surface area (Å²) in [6, 6.07) is 35.0. The van der Waals surface area contributed by atoms with E-state index in [2.05, 4.69) is 72.0 Å². The Morgan fingerprint density at radius 1 is 0.714 bits per heavy atom. The fourth-order valence-electron chi connectivity index (χ4n) is 4.41. The number of carbonyl (C=O) groups excluding carboxylic acids is 1. The van der Waals surface area contributed by atoms with E-state index in [0.29, 0.717) is 0 Å². The highest BCUT2D eigenvalue weighted by Gasteiger charge is 2.60. The molecular weight excluding hydrogens is 342 g/mol. The standard InChI is InChI=1S/C26H21NO/c28-25(27-24-17-9-11-19-10-7-8-16-22(19)24)23-18-26(23,20-12-3-1-4-13-20)21-14-5-2-6-15-21/h1-17,23H,18H2,(H,27,28). The van der Waals surface area contributed by atoms with E-state index >= 15 is 0 Å². The fraction of sp³-hybridized carbons (Fsp3) is 0.115. The van der Waals surface area contributed by atoms with Crippen molar-refractivity contribution in [3.63, 3.8) is 0 Å². The van der Waals surface area contributed by atoms with Crippen LogP contribution in [0.2, 0.25) is 0 Å². The van der Waals surface area contributed by atoms with Crippen molar-refractivity contribution in [3.05, 3.63) is 114 Å². The molecule has 0 saturated heterocycles. The molecule has 1 unspecified atom stereocenters. The third-order valence-corrected chi connectivity index (χ3v) is 5.90. The minimum absolute atomic E-state index is 0.0729. The first kappa shape index (κ1) is 16.8. The maximum Gasteiger partial charge on any atom is 0.228 e. The fourth-order valence-corrected chi connectivity index (χ4v) is 4.41. The molecule has 4 aromatic rings. The second-order valence-corrected chi connectivity index (χ2v) is 7.48. The Bertz CT molecular complexity index is 1090. The highest BCUT2D eigenvalue weighted by atomic mass is 16.2. The third kappa shape index (κ3) is 2.69. The summed E-state index contributed by atoms with van der Waals surface area (Å²) >= 11 is 0. The van der Waals surface area contributed by atoms with E-state index in [1.54, 1.807) is 0 Å². The third-order valence-electron chi connectivity index (χ3n) is 5.90. The number of amides is 1. The molecule has 0 aromatic heterocycles. The molecule has 2 heteroatoms. The monoisotopic (exact) mass is 363 g/mol. The summed E-state index contributed by atoms with van der Waals surface area (Å²) in [4.78, 5) is 13.3. The van der Waals surface area contributed by atoms with Gasteiger partial charge in [0.25, 0.3) is 0 Å². The molecule has 1 amide bonds. The molecule has 1 atom stereocenters. The van der Waals surface area contributed by atoms with Gasteiger partial charge in [0.1, 0.15) is 0 Å². The molecule has 0 heterocycles. The minimum atomic E-state index is -0.239. The van der Waals surface area contributed by atoms with Crippen LogP contribution in [0.4, 0.5) is 5.69 Å². The van der Waals surface area contributed by atoms with Crippen molar-refractivity contribution >= 4 is 22.4 Å². The first-order chi connectivity index (χ1) is 13.8. The van der Waals surface area contributed by atoms with Gasteiger partial charge in [0.2, 0.25) is 5.91 Å². The van der Waals surface area contributed by atoms with Gasteiger partial charge in [-0.2, -0.15) is 0 Å². The molecule has 0 spiro atoms. The first-order valence-corrected chi connectivity index (χ1v) is 9.69. The summed E-state index contributed by atoms with van der Waals surface area (Å²) in [5, 5.41) is 5.41. The zero-order chi connectivity index (χ0) is 19.0. The van der Waals surface area contributed by atoms with Crippen LogP contribution in [0, 0.1) is 5.92 Å². The summed E-state index contributed by atoms with van der Waals surface area (Å²) in [7, 11) is 0. The quantitative estimate of drug-likeness (QED) is 0.489. The molecular formula is C26H21NO. The number of nitrogens with one attached hydrogen (secondary N) is 1. The van der Waals surface area contributed by atoms with Crippen molar-refractivity contribution in [2.24, 2.45) is 5.92 Å². The van der Waals surface area contributed by atoms with Crippen LogP contribution in [0.3, 0.4) is 0 Å². The molecule has 0 aliphatic heterocycles. The molecule has 1 saturated carbocycles. The Morgan fingerprint density at radius 2 is 1.29 bits per heavy atom. The molecule has 28 heavy (non-hydrogen) atoms. The molecule has 0 bridgehead atoms. The predicted octanol–water partition coefficient (Wildman–Crippen LogP) is 5.78. The zero-order valence-electron chi connectivity index (χ0n) is 15.5. The Hall–Kier alpha value is -3.39. The van der Waals surface area contributed by atoms with Gasteiger partial charge in [-0.15, -0.1) is 0 Å². The van der Waals surface area contributed by atoms with E-state index in [0.717, 1.165) is 22.9 Å². The number of anilines is 1. The van der Waals surface area contributed by atoms with E-state index in [1.807, 2.05) is 36.4 Å². The maximum absolute atomic E-state index is 13.3. The van der Waals surface area contributed by atoms with Crippen LogP contribution in [-0.2, 0) is 10.2 Å². The van der Waals surface area contributed by atoms with Crippen LogP contribution in [0.5, 0.6) is 0 Å². The number of rotatable bonds is 4. The topological polar surface area (TPSA) is 29.1 Å². The van der Waals surface area contributed by atoms with Crippen molar-refractivity contribution in [2.75, 3.05) is 5.32 Å². The van der Waals surface area contributed by atoms with Gasteiger partial charge in [-0.3, -0.25) is 4.79 Å². The van der Waals surface area contributed by atoms with Gasteiger partial charge in [-0.1, -0.05) is 97.1 Å². The maximum atomic E-state index is 13.3. The smallest absolute Gasteiger partial charge is 0.228 e. The molecule has 1 fully saturated rings. The van der Waals surface area contributed by atoms with Crippen LogP contribution < -0.4 is 5.32 Å². The first-order valence-electron chi connectivity index (χ1n) is 9.69. The summed E-state index contributed by atoms with van der Waals surface area (Å²) in [6.45, 7) is 0. The number of carbonyl (C=O) groups is 1. The van der Waals surface area contributed by atoms with Crippen LogP contribution in [-0.4, -0.2) is 5.91 Å². The lowest BCUT2D eigenvalue weighted by atomic mass is 9.85. The van der Waals surface area contributed by atoms with Crippen LogP contribution in [0.15, 0.2) is 103 Å². The molecule has 0 radical (unpaired) electrons. The van der Waals surface area contributed by atoms with E-state index < -0.39 is 0 Å². The van der Waals surface area contributed by atoms with Crippen LogP contribution in [0.25, 0.3) is 10.8 Å². The zero-order valence-corrected chi connectivity index (χ0v) is 15.5. The van der Waals surface area contributed by atoms with Crippen LogP contribution >= 0.6 is 0 Å². The van der Waals surface area contributed by atoms with Crippen molar-refractivity contribution in [3.8, 4) is 0 Å². The summed E-state index contributed by atoms with van der Waals surface area (Å²) < 4.78 is 0. The molecule has 2 nitrogen and oxygen atoms in total. The van der Waals surface area contributed by atoms with Gasteiger partial charge >= 0.3 is 0 Å². The normalized spacial score (nSPS) is 17.2. The second kappa shape index (κ2) is 6.65. The lowest BCUT2D eigenvalue weighted by molar-refractivity contribution is -0.117. The molecule has 5 rings (SSSR count). The van der Waals surface area contributed by atoms with Gasteiger partial charge in [0.05, 0.1) is 5.92 Å². The lowest BCUT2D eigenvalue weighted by Crippen LogP contribution is -2.22. The van der Waals surface area contributed by atoms with Crippen molar-refractivity contribution in [1.82, 2.24) is 0 Å². The Labute approximate surface area is 164 Å². The number of fused-ring (bicyclic) bond motifs is 1. The Morgan fingerprint density at radius 3 is 1.96 bits per heavy atom. The molecule has 1 aliphatic carbocycles. The summed E-state index contributed by atoms with van der Waals surface area (Å²) in [6.07, 6.45) is 0.831. The van der Waals surface area contributed by atoms with Gasteiger partial charge in [0.15, 0.2) is 0 Å². The Kier molecular flexibility index (Phi) is 3.98. The van der Waals surface area contributed by atoms with Gasteiger partial charge in [-0.05, 0) is 29.0 Å². The number of hydrogen-bond acceptors (Lipinski definition) is 1. The lowest BCUT2D eigenvalue weighted by Gasteiger charge is -2.19. The average Bonchev–Trinajstić information content (AvgIpc) is 3.53. The van der Waals surface area contributed by atoms with E-state index in [9.17, 15) is 4.79 Å². The molecule has 136 valence electrons. The average molecular weight is 363 g/mol. The van der Waals surface area contributed by atoms with Crippen LogP contribution in [0.1, 0.15) is 17.5 Å². The van der Waals surface area contributed by atoms with Gasteiger partial charge in [-0.25, -0.2) is 0 Å². The van der Waals surface area contributed by atoms with Crippen molar-refractivity contribution in [2.45, 2.75) is 11.8 Å². The van der Waals surface area contributed by atoms with Crippen molar-refractivity contribution in [1.29, 1.82) is 0 Å². The Balaban J connectivity index is 1.50. The van der Waals surface area contributed by atoms with E-state index in [4.69, 9.17) is 0 Å². The number of hydrogen-bond donors (Lipinski definition) is 1. The van der Waals surface area contributed by atoms with Crippen molar-refractivity contribution < 1.29 is 4.79 Å². The summed E-state index contributed by atoms with van der Waals surface area (Å²) in [5.41, 5.74) is 3.06. The molecule has 1 N–H and O–H groups in total. The van der Waals surface area contributed by atoms with E-state index in [1.165, 1.54) is 11.1 Å². The highest BCUT2D eigenvalue weighted by Crippen LogP contribution is 2.59. The van der Waals surface area contributed by atoms with E-state index in [-0.39, 0.29) is 17.2 Å². The summed E-state index contributed by atoms with van der Waals surface area (Å²) in [5.74, 6) is 0.0142. The van der Waals surface area contributed by atoms with Gasteiger partial charge < -0.3 is 5.32 Å². The molecule has 1 aliphatic rings. The van der Waals surface area contributed by atoms with Gasteiger partial charge in [0, 0.05) is 16.5 Å². The SMILES string of the molecule is O=C(Nc1cccc2ccccc12)C1CC1(c1ccccc1)c1ccccc1. The highest BCUT2D eigenvalue weighted by molar-refractivity contribution is 6.04. The minimum Gasteiger partial charge on any atom is -0.325 e. The number of benzene rings is 4.